The number of aliphatic hydroxyl groups excluding tert-OH is 2. The molecule has 10 N–H and O–H groups in total. The van der Waals surface area contributed by atoms with Gasteiger partial charge in [0.1, 0.15) is 4.99 Å². The number of likely N-dealkylation sites (N-methyl/N-ethyl adjacent to an activating group) is 1. The number of carbonyl (C=O) groups is 3. The molecule has 0 fully saturated rings. The zero-order valence-corrected chi connectivity index (χ0v) is 15.3. The Hall–Kier alpha value is -2.06. The van der Waals surface area contributed by atoms with Gasteiger partial charge >= 0.3 is 12.0 Å². The van der Waals surface area contributed by atoms with E-state index in [0.29, 0.717) is 0 Å². The van der Waals surface area contributed by atoms with E-state index in [-0.39, 0.29) is 24.6 Å². The van der Waals surface area contributed by atoms with Gasteiger partial charge in [0.2, 0.25) is 5.91 Å². The first-order chi connectivity index (χ1) is 12.0. The predicted octanol–water partition coefficient (Wildman–Crippen LogP) is -3.55. The lowest BCUT2D eigenvalue weighted by atomic mass is 10.2. The van der Waals surface area contributed by atoms with Crippen molar-refractivity contribution in [1.29, 1.82) is 0 Å². The highest BCUT2D eigenvalue weighted by atomic mass is 32.1. The molecule has 13 heteroatoms. The number of aliphatic hydroxyl groups is 2. The monoisotopic (exact) mass is 394 g/mol. The topological polar surface area (TPSA) is 203 Å². The summed E-state index contributed by atoms with van der Waals surface area (Å²) in [6.45, 7) is 1.17. The minimum atomic E-state index is -1.55. The third-order valence-electron chi connectivity index (χ3n) is 3.11. The van der Waals surface area contributed by atoms with Crippen LogP contribution in [0.2, 0.25) is 0 Å². The van der Waals surface area contributed by atoms with Gasteiger partial charge in [0.25, 0.3) is 0 Å². The maximum absolute atomic E-state index is 12.0. The number of hydrazine groups is 1. The number of carboxylic acid groups (broad SMARTS) is 1. The van der Waals surface area contributed by atoms with E-state index in [2.05, 4.69) is 16.1 Å². The van der Waals surface area contributed by atoms with Crippen LogP contribution in [0.4, 0.5) is 4.79 Å². The van der Waals surface area contributed by atoms with Crippen molar-refractivity contribution in [2.75, 3.05) is 20.2 Å². The van der Waals surface area contributed by atoms with E-state index < -0.39 is 42.1 Å². The fourth-order valence-corrected chi connectivity index (χ4v) is 2.16. The molecule has 0 aliphatic heterocycles. The molecule has 4 atom stereocenters. The smallest absolute Gasteiger partial charge is 0.328 e. The van der Waals surface area contributed by atoms with Crippen molar-refractivity contribution in [1.82, 2.24) is 21.1 Å². The van der Waals surface area contributed by atoms with Crippen LogP contribution in [-0.4, -0.2) is 87.7 Å². The van der Waals surface area contributed by atoms with Crippen molar-refractivity contribution in [2.24, 2.45) is 11.5 Å². The zero-order chi connectivity index (χ0) is 20.4. The van der Waals surface area contributed by atoms with Crippen LogP contribution in [0.1, 0.15) is 13.3 Å². The molecule has 0 bridgehead atoms. The number of carbonyl (C=O) groups excluding carboxylic acids is 2. The van der Waals surface area contributed by atoms with Crippen LogP contribution < -0.4 is 27.5 Å². The van der Waals surface area contributed by atoms with Gasteiger partial charge in [-0.15, -0.1) is 0 Å². The van der Waals surface area contributed by atoms with E-state index in [0.717, 1.165) is 0 Å². The summed E-state index contributed by atoms with van der Waals surface area (Å²) in [5, 5.41) is 33.1. The van der Waals surface area contributed by atoms with Crippen LogP contribution in [0.5, 0.6) is 0 Å². The number of urea groups is 1. The number of aliphatic carboxylic acids is 1. The number of nitrogens with one attached hydrogen (secondary N) is 3. The molecule has 150 valence electrons. The lowest BCUT2D eigenvalue weighted by Crippen LogP contribution is -2.58. The van der Waals surface area contributed by atoms with E-state index in [1.54, 1.807) is 7.05 Å². The van der Waals surface area contributed by atoms with Crippen molar-refractivity contribution in [3.8, 4) is 0 Å². The summed E-state index contributed by atoms with van der Waals surface area (Å²) in [6, 6.07) is -4.07. The highest BCUT2D eigenvalue weighted by Crippen LogP contribution is 1.98. The number of thiocarbonyl (C=S) groups is 1. The van der Waals surface area contributed by atoms with Gasteiger partial charge in [0.15, 0.2) is 6.04 Å². The Morgan fingerprint density at radius 1 is 1.27 bits per heavy atom. The number of rotatable bonds is 11. The minimum Gasteiger partial charge on any atom is -0.480 e. The van der Waals surface area contributed by atoms with Gasteiger partial charge in [-0.05, 0) is 6.92 Å². The highest BCUT2D eigenvalue weighted by molar-refractivity contribution is 7.80. The molecule has 0 heterocycles. The SMILES string of the molecule is CC(O)C(NC(=O)NC(CC(N)=O)C(=S)NN(C)CC(N)CO)C(=O)O. The summed E-state index contributed by atoms with van der Waals surface area (Å²) in [5.74, 6) is -2.18. The van der Waals surface area contributed by atoms with Crippen LogP contribution in [0.25, 0.3) is 0 Å². The Morgan fingerprint density at radius 3 is 2.27 bits per heavy atom. The molecule has 0 aromatic heterocycles. The summed E-state index contributed by atoms with van der Waals surface area (Å²) < 4.78 is 0. The van der Waals surface area contributed by atoms with E-state index >= 15 is 0 Å². The van der Waals surface area contributed by atoms with E-state index in [1.807, 2.05) is 0 Å². The van der Waals surface area contributed by atoms with Crippen molar-refractivity contribution in [2.45, 2.75) is 37.6 Å². The highest BCUT2D eigenvalue weighted by Gasteiger charge is 2.27. The van der Waals surface area contributed by atoms with Gasteiger partial charge in [-0.25, -0.2) is 14.6 Å². The summed E-state index contributed by atoms with van der Waals surface area (Å²) in [5.41, 5.74) is 13.4. The number of hydrogen-bond acceptors (Lipinski definition) is 8. The number of nitrogens with two attached hydrogens (primary N) is 2. The lowest BCUT2D eigenvalue weighted by molar-refractivity contribution is -0.141. The van der Waals surface area contributed by atoms with Gasteiger partial charge in [-0.3, -0.25) is 4.79 Å². The Morgan fingerprint density at radius 2 is 1.85 bits per heavy atom. The zero-order valence-electron chi connectivity index (χ0n) is 14.5. The van der Waals surface area contributed by atoms with Gasteiger partial charge in [-0.2, -0.15) is 0 Å². The second-order valence-electron chi connectivity index (χ2n) is 5.70. The second kappa shape index (κ2) is 11.5. The average Bonchev–Trinajstić information content (AvgIpc) is 2.50. The number of hydrogen-bond donors (Lipinski definition) is 8. The quantitative estimate of drug-likeness (QED) is 0.128. The van der Waals surface area contributed by atoms with Gasteiger partial charge in [-0.1, -0.05) is 12.2 Å². The molecule has 0 aromatic carbocycles. The van der Waals surface area contributed by atoms with E-state index in [9.17, 15) is 19.5 Å². The number of amides is 3. The molecule has 0 spiro atoms. The molecule has 0 saturated heterocycles. The van der Waals surface area contributed by atoms with Crippen molar-refractivity contribution in [3.05, 3.63) is 0 Å². The van der Waals surface area contributed by atoms with E-state index in [4.69, 9.17) is 33.9 Å². The summed E-state index contributed by atoms with van der Waals surface area (Å²) in [6.07, 6.45) is -1.69. The largest absolute Gasteiger partial charge is 0.480 e. The van der Waals surface area contributed by atoms with Crippen LogP contribution in [0.3, 0.4) is 0 Å². The lowest BCUT2D eigenvalue weighted by Gasteiger charge is -2.27. The Bertz CT molecular complexity index is 519. The fraction of sp³-hybridized carbons (Fsp3) is 0.692. The van der Waals surface area contributed by atoms with Crippen LogP contribution in [0, 0.1) is 0 Å². The van der Waals surface area contributed by atoms with Crippen LogP contribution in [-0.2, 0) is 9.59 Å². The van der Waals surface area contributed by atoms with Crippen molar-refractivity contribution < 1.29 is 29.7 Å². The number of primary amides is 1. The minimum absolute atomic E-state index is 0.0236. The number of nitrogens with zero attached hydrogens (tertiary/aromatic N) is 1. The molecule has 3 amide bonds. The molecule has 0 aliphatic rings. The second-order valence-corrected chi connectivity index (χ2v) is 6.14. The van der Waals surface area contributed by atoms with Crippen LogP contribution >= 0.6 is 12.2 Å². The molecule has 0 aliphatic carbocycles. The predicted molar refractivity (Wildman–Crippen MR) is 95.8 cm³/mol. The standard InChI is InChI=1S/C13H26N6O6S/c1-6(21)10(12(23)24)17-13(25)16-8(3-9(15)22)11(26)18-19(2)4-7(14)5-20/h6-8,10,20-21H,3-5,14H2,1-2H3,(H2,15,22)(H,18,26)(H,23,24)(H2,16,17,25). The Labute approximate surface area is 155 Å². The van der Waals surface area contributed by atoms with Crippen molar-refractivity contribution >= 4 is 35.1 Å². The Balaban J connectivity index is 4.92. The molecule has 0 aromatic rings. The number of carboxylic acids is 1. The molecule has 0 radical (unpaired) electrons. The van der Waals surface area contributed by atoms with Gasteiger partial charge < -0.3 is 42.8 Å². The molecule has 4 unspecified atom stereocenters. The fourth-order valence-electron chi connectivity index (χ4n) is 1.86. The summed E-state index contributed by atoms with van der Waals surface area (Å²) in [4.78, 5) is 34.2. The van der Waals surface area contributed by atoms with Crippen LogP contribution in [0.15, 0.2) is 0 Å². The first kappa shape index (κ1) is 23.9. The Kier molecular flexibility index (Phi) is 10.6. The normalized spacial score (nSPS) is 15.5. The molecular formula is C13H26N6O6S. The summed E-state index contributed by atoms with van der Waals surface area (Å²) >= 11 is 5.12. The van der Waals surface area contributed by atoms with Gasteiger partial charge in [0, 0.05) is 19.6 Å². The first-order valence-electron chi connectivity index (χ1n) is 7.62. The van der Waals surface area contributed by atoms with Gasteiger partial charge in [0.05, 0.1) is 25.2 Å². The molecule has 12 nitrogen and oxygen atoms in total. The van der Waals surface area contributed by atoms with Crippen molar-refractivity contribution in [3.63, 3.8) is 0 Å². The third-order valence-corrected chi connectivity index (χ3v) is 3.48. The summed E-state index contributed by atoms with van der Waals surface area (Å²) in [7, 11) is 1.58. The molecular weight excluding hydrogens is 368 g/mol. The first-order valence-corrected chi connectivity index (χ1v) is 8.03. The van der Waals surface area contributed by atoms with E-state index in [1.165, 1.54) is 11.9 Å². The third kappa shape index (κ3) is 9.43. The molecule has 0 rings (SSSR count). The molecule has 0 saturated carbocycles. The maximum atomic E-state index is 12.0. The maximum Gasteiger partial charge on any atom is 0.328 e. The average molecular weight is 394 g/mol. The molecule has 26 heavy (non-hydrogen) atoms.